The third-order valence-corrected chi connectivity index (χ3v) is 4.04. The summed E-state index contributed by atoms with van der Waals surface area (Å²) in [4.78, 5) is 15.3. The van der Waals surface area contributed by atoms with Crippen LogP contribution in [0.3, 0.4) is 0 Å². The molecule has 0 unspecified atom stereocenters. The third kappa shape index (κ3) is 2.98. The van der Waals surface area contributed by atoms with E-state index in [9.17, 15) is 10.1 Å². The van der Waals surface area contributed by atoms with Crippen LogP contribution in [0.1, 0.15) is 0 Å². The standard InChI is InChI=1S/C21H14N2O3/c24-23(25)19-13-7-6-12-18(19)22-21-17-11-5-4-10-16(17)14-20(26-21)15-8-2-1-3-9-15/h1-14H. The summed E-state index contributed by atoms with van der Waals surface area (Å²) in [6, 6.07) is 25.7. The van der Waals surface area contributed by atoms with Crippen LogP contribution in [0.15, 0.2) is 94.3 Å². The van der Waals surface area contributed by atoms with Gasteiger partial charge in [0.1, 0.15) is 11.4 Å². The van der Waals surface area contributed by atoms with Gasteiger partial charge in [0.15, 0.2) is 0 Å². The van der Waals surface area contributed by atoms with Crippen molar-refractivity contribution in [2.75, 3.05) is 0 Å². The maximum atomic E-state index is 11.3. The van der Waals surface area contributed by atoms with Crippen LogP contribution in [0.4, 0.5) is 11.4 Å². The highest BCUT2D eigenvalue weighted by atomic mass is 16.6. The SMILES string of the molecule is O=[N+]([O-])c1ccccc1N=c1oc(-c2ccccc2)cc2ccccc12. The molecule has 0 N–H and O–H groups in total. The minimum atomic E-state index is -0.442. The number of benzene rings is 3. The summed E-state index contributed by atoms with van der Waals surface area (Å²) >= 11 is 0. The van der Waals surface area contributed by atoms with E-state index in [1.54, 1.807) is 18.2 Å². The first-order valence-electron chi connectivity index (χ1n) is 8.09. The Balaban J connectivity index is 2.02. The van der Waals surface area contributed by atoms with Crippen LogP contribution >= 0.6 is 0 Å². The molecule has 5 heteroatoms. The Morgan fingerprint density at radius 1 is 0.846 bits per heavy atom. The van der Waals surface area contributed by atoms with E-state index in [1.807, 2.05) is 60.7 Å². The molecule has 5 nitrogen and oxygen atoms in total. The number of nitrogens with zero attached hydrogens (tertiary/aromatic N) is 2. The smallest absolute Gasteiger partial charge is 0.294 e. The van der Waals surface area contributed by atoms with Crippen LogP contribution in [-0.2, 0) is 0 Å². The maximum absolute atomic E-state index is 11.3. The van der Waals surface area contributed by atoms with Crippen molar-refractivity contribution in [3.05, 3.63) is 101 Å². The van der Waals surface area contributed by atoms with Crippen molar-refractivity contribution in [3.8, 4) is 11.3 Å². The van der Waals surface area contributed by atoms with Crippen molar-refractivity contribution < 1.29 is 9.34 Å². The first kappa shape index (κ1) is 15.8. The molecule has 0 amide bonds. The van der Waals surface area contributed by atoms with Gasteiger partial charge in [0.25, 0.3) is 5.69 Å². The summed E-state index contributed by atoms with van der Waals surface area (Å²) in [5, 5.41) is 13.0. The topological polar surface area (TPSA) is 68.6 Å². The number of hydrogen-bond acceptors (Lipinski definition) is 4. The Kier molecular flexibility index (Phi) is 4.03. The molecule has 0 saturated heterocycles. The summed E-state index contributed by atoms with van der Waals surface area (Å²) in [5.41, 5.74) is 1.46. The maximum Gasteiger partial charge on any atom is 0.294 e. The van der Waals surface area contributed by atoms with Crippen LogP contribution in [0.5, 0.6) is 0 Å². The van der Waals surface area contributed by atoms with E-state index in [-0.39, 0.29) is 11.4 Å². The van der Waals surface area contributed by atoms with Crippen LogP contribution in [-0.4, -0.2) is 4.92 Å². The van der Waals surface area contributed by atoms with E-state index in [4.69, 9.17) is 4.42 Å². The van der Waals surface area contributed by atoms with Gasteiger partial charge in [-0.3, -0.25) is 10.1 Å². The molecule has 0 bridgehead atoms. The molecular weight excluding hydrogens is 328 g/mol. The van der Waals surface area contributed by atoms with E-state index in [0.717, 1.165) is 16.3 Å². The lowest BCUT2D eigenvalue weighted by molar-refractivity contribution is -0.384. The fraction of sp³-hybridized carbons (Fsp3) is 0. The van der Waals surface area contributed by atoms with Gasteiger partial charge >= 0.3 is 0 Å². The Labute approximate surface area is 149 Å². The van der Waals surface area contributed by atoms with Gasteiger partial charge in [-0.05, 0) is 23.6 Å². The number of nitro benzene ring substituents is 1. The normalized spacial score (nSPS) is 11.6. The number of fused-ring (bicyclic) bond motifs is 1. The van der Waals surface area contributed by atoms with E-state index in [1.165, 1.54) is 6.07 Å². The Bertz CT molecular complexity index is 1160. The van der Waals surface area contributed by atoms with Crippen molar-refractivity contribution in [1.29, 1.82) is 0 Å². The second-order valence-corrected chi connectivity index (χ2v) is 5.73. The molecule has 0 fully saturated rings. The number of hydrogen-bond donors (Lipinski definition) is 0. The van der Waals surface area contributed by atoms with Crippen LogP contribution in [0, 0.1) is 10.1 Å². The lowest BCUT2D eigenvalue weighted by Gasteiger charge is -2.05. The molecule has 0 atom stereocenters. The number of para-hydroxylation sites is 2. The van der Waals surface area contributed by atoms with E-state index in [2.05, 4.69) is 4.99 Å². The summed E-state index contributed by atoms with van der Waals surface area (Å²) in [7, 11) is 0. The van der Waals surface area contributed by atoms with Gasteiger partial charge in [-0.1, -0.05) is 60.7 Å². The van der Waals surface area contributed by atoms with E-state index >= 15 is 0 Å². The second-order valence-electron chi connectivity index (χ2n) is 5.73. The minimum absolute atomic E-state index is 0.0584. The van der Waals surface area contributed by atoms with Gasteiger partial charge in [-0.15, -0.1) is 0 Å². The van der Waals surface area contributed by atoms with Crippen LogP contribution in [0.2, 0.25) is 0 Å². The summed E-state index contributed by atoms with van der Waals surface area (Å²) in [6.45, 7) is 0. The zero-order valence-corrected chi connectivity index (χ0v) is 13.7. The quantitative estimate of drug-likeness (QED) is 0.377. The van der Waals surface area contributed by atoms with Crippen molar-refractivity contribution in [2.24, 2.45) is 4.99 Å². The molecule has 0 aliphatic rings. The molecule has 0 saturated carbocycles. The predicted molar refractivity (Wildman–Crippen MR) is 100.0 cm³/mol. The Morgan fingerprint density at radius 3 is 2.35 bits per heavy atom. The molecular formula is C21H14N2O3. The second kappa shape index (κ2) is 6.64. The van der Waals surface area contributed by atoms with Gasteiger partial charge < -0.3 is 4.42 Å². The first-order chi connectivity index (χ1) is 12.7. The summed E-state index contributed by atoms with van der Waals surface area (Å²) < 4.78 is 6.03. The zero-order chi connectivity index (χ0) is 17.9. The number of rotatable bonds is 3. The van der Waals surface area contributed by atoms with Gasteiger partial charge in [0.2, 0.25) is 5.55 Å². The fourth-order valence-corrected chi connectivity index (χ4v) is 2.80. The van der Waals surface area contributed by atoms with Crippen molar-refractivity contribution in [2.45, 2.75) is 0 Å². The highest BCUT2D eigenvalue weighted by Gasteiger charge is 2.12. The Hall–Kier alpha value is -3.73. The molecule has 0 aliphatic carbocycles. The molecule has 0 spiro atoms. The first-order valence-corrected chi connectivity index (χ1v) is 8.09. The average molecular weight is 342 g/mol. The zero-order valence-electron chi connectivity index (χ0n) is 13.7. The van der Waals surface area contributed by atoms with Crippen molar-refractivity contribution in [3.63, 3.8) is 0 Å². The van der Waals surface area contributed by atoms with Crippen molar-refractivity contribution in [1.82, 2.24) is 0 Å². The predicted octanol–water partition coefficient (Wildman–Crippen LogP) is 5.24. The molecule has 4 rings (SSSR count). The van der Waals surface area contributed by atoms with Gasteiger partial charge in [0, 0.05) is 17.0 Å². The fourth-order valence-electron chi connectivity index (χ4n) is 2.80. The third-order valence-electron chi connectivity index (χ3n) is 4.04. The largest absolute Gasteiger partial charge is 0.438 e. The molecule has 1 heterocycles. The molecule has 126 valence electrons. The van der Waals surface area contributed by atoms with E-state index in [0.29, 0.717) is 11.3 Å². The molecule has 26 heavy (non-hydrogen) atoms. The molecule has 0 radical (unpaired) electrons. The number of nitro groups is 1. The molecule has 3 aromatic carbocycles. The van der Waals surface area contributed by atoms with Crippen LogP contribution < -0.4 is 5.55 Å². The average Bonchev–Trinajstić information content (AvgIpc) is 2.69. The monoisotopic (exact) mass is 342 g/mol. The van der Waals surface area contributed by atoms with Gasteiger partial charge in [-0.2, -0.15) is 0 Å². The van der Waals surface area contributed by atoms with Crippen molar-refractivity contribution >= 4 is 22.1 Å². The minimum Gasteiger partial charge on any atom is -0.438 e. The molecule has 4 aromatic rings. The summed E-state index contributed by atoms with van der Waals surface area (Å²) in [6.07, 6.45) is 0. The van der Waals surface area contributed by atoms with E-state index < -0.39 is 4.92 Å². The lowest BCUT2D eigenvalue weighted by Crippen LogP contribution is -2.03. The molecule has 1 aromatic heterocycles. The summed E-state index contributed by atoms with van der Waals surface area (Å²) in [5.74, 6) is 0.654. The highest BCUT2D eigenvalue weighted by molar-refractivity contribution is 5.84. The highest BCUT2D eigenvalue weighted by Crippen LogP contribution is 2.27. The Morgan fingerprint density at radius 2 is 1.54 bits per heavy atom. The van der Waals surface area contributed by atoms with Crippen LogP contribution in [0.25, 0.3) is 22.1 Å². The van der Waals surface area contributed by atoms with Gasteiger partial charge in [0.05, 0.1) is 4.92 Å². The molecule has 0 aliphatic heterocycles. The van der Waals surface area contributed by atoms with Gasteiger partial charge in [-0.25, -0.2) is 4.99 Å². The lowest BCUT2D eigenvalue weighted by atomic mass is 10.1.